The highest BCUT2D eigenvalue weighted by Gasteiger charge is 2.38. The van der Waals surface area contributed by atoms with Gasteiger partial charge in [0.25, 0.3) is 0 Å². The summed E-state index contributed by atoms with van der Waals surface area (Å²) in [6, 6.07) is 15.8. The van der Waals surface area contributed by atoms with Crippen LogP contribution in [0.2, 0.25) is 0 Å². The number of carbonyl (C=O) groups is 2. The maximum absolute atomic E-state index is 12.6. The topological polar surface area (TPSA) is 58.2 Å². The number of carbonyl (C=O) groups excluding carboxylic acids is 2. The van der Waals surface area contributed by atoms with Crippen LogP contribution in [-0.2, 0) is 15.0 Å². The second kappa shape index (κ2) is 6.94. The zero-order valence-corrected chi connectivity index (χ0v) is 15.8. The number of benzene rings is 2. The molecular formula is C22H26N2O2. The minimum atomic E-state index is -0.583. The van der Waals surface area contributed by atoms with Crippen molar-refractivity contribution in [1.29, 1.82) is 0 Å². The molecule has 1 atom stereocenters. The Morgan fingerprint density at radius 2 is 1.81 bits per heavy atom. The summed E-state index contributed by atoms with van der Waals surface area (Å²) in [6.45, 7) is 8.06. The molecule has 2 aromatic rings. The number of fused-ring (bicyclic) bond motifs is 1. The molecular weight excluding hydrogens is 324 g/mol. The van der Waals surface area contributed by atoms with Gasteiger partial charge in [0.1, 0.15) is 0 Å². The van der Waals surface area contributed by atoms with Crippen molar-refractivity contribution in [2.45, 2.75) is 45.4 Å². The molecule has 4 heteroatoms. The minimum absolute atomic E-state index is 0.0115. The number of rotatable bonds is 5. The van der Waals surface area contributed by atoms with E-state index in [2.05, 4.69) is 36.6 Å². The van der Waals surface area contributed by atoms with E-state index >= 15 is 0 Å². The summed E-state index contributed by atoms with van der Waals surface area (Å²) in [7, 11) is 0. The van der Waals surface area contributed by atoms with Crippen molar-refractivity contribution in [2.75, 3.05) is 10.6 Å². The normalized spacial score (nSPS) is 16.1. The van der Waals surface area contributed by atoms with Crippen molar-refractivity contribution in [3.63, 3.8) is 0 Å². The lowest BCUT2D eigenvalue weighted by Gasteiger charge is -2.21. The molecule has 1 aliphatic heterocycles. The monoisotopic (exact) mass is 350 g/mol. The van der Waals surface area contributed by atoms with E-state index in [-0.39, 0.29) is 17.7 Å². The number of amides is 2. The zero-order valence-electron chi connectivity index (χ0n) is 15.8. The Morgan fingerprint density at radius 3 is 2.46 bits per heavy atom. The molecule has 3 rings (SSSR count). The summed E-state index contributed by atoms with van der Waals surface area (Å²) in [5.41, 5.74) is 3.07. The molecule has 0 fully saturated rings. The van der Waals surface area contributed by atoms with Crippen LogP contribution < -0.4 is 10.6 Å². The van der Waals surface area contributed by atoms with Gasteiger partial charge in [-0.25, -0.2) is 0 Å². The molecule has 136 valence electrons. The first-order valence-electron chi connectivity index (χ1n) is 9.10. The van der Waals surface area contributed by atoms with Gasteiger partial charge in [0.15, 0.2) is 0 Å². The Hall–Kier alpha value is -2.62. The van der Waals surface area contributed by atoms with E-state index in [9.17, 15) is 9.59 Å². The van der Waals surface area contributed by atoms with Gasteiger partial charge in [-0.3, -0.25) is 9.59 Å². The van der Waals surface area contributed by atoms with Crippen LogP contribution in [0.5, 0.6) is 0 Å². The second-order valence-corrected chi connectivity index (χ2v) is 7.85. The van der Waals surface area contributed by atoms with E-state index in [4.69, 9.17) is 0 Å². The molecule has 0 saturated heterocycles. The van der Waals surface area contributed by atoms with E-state index in [1.54, 1.807) is 0 Å². The average Bonchev–Trinajstić information content (AvgIpc) is 2.83. The largest absolute Gasteiger partial charge is 0.326 e. The molecule has 2 N–H and O–H groups in total. The molecule has 0 spiro atoms. The Bertz CT molecular complexity index is 825. The van der Waals surface area contributed by atoms with Crippen molar-refractivity contribution in [3.8, 4) is 0 Å². The molecule has 1 heterocycles. The summed E-state index contributed by atoms with van der Waals surface area (Å²) in [4.78, 5) is 24.7. The van der Waals surface area contributed by atoms with Crippen molar-refractivity contribution >= 4 is 23.2 Å². The molecule has 0 radical (unpaired) electrons. The highest BCUT2D eigenvalue weighted by atomic mass is 16.2. The fourth-order valence-corrected chi connectivity index (χ4v) is 3.50. The van der Waals surface area contributed by atoms with Crippen LogP contribution in [0, 0.1) is 5.92 Å². The first kappa shape index (κ1) is 18.2. The second-order valence-electron chi connectivity index (χ2n) is 7.85. The summed E-state index contributed by atoms with van der Waals surface area (Å²) >= 11 is 0. The summed E-state index contributed by atoms with van der Waals surface area (Å²) < 4.78 is 0. The standard InChI is InChI=1S/C22H26N2O2/c1-14(2)17(15-8-6-5-7-9-15)13-20(25)23-16-10-11-19-18(12-16)22(3,4)21(26)24-19/h5-12,14,17H,13H2,1-4H3,(H,23,25)(H,24,26). The van der Waals surface area contributed by atoms with Gasteiger partial charge in [-0.15, -0.1) is 0 Å². The van der Waals surface area contributed by atoms with Crippen LogP contribution in [0.3, 0.4) is 0 Å². The maximum atomic E-state index is 12.6. The van der Waals surface area contributed by atoms with Crippen molar-refractivity contribution < 1.29 is 9.59 Å². The lowest BCUT2D eigenvalue weighted by Crippen LogP contribution is -2.27. The van der Waals surface area contributed by atoms with Gasteiger partial charge in [0, 0.05) is 17.8 Å². The first-order chi connectivity index (χ1) is 12.3. The molecule has 0 bridgehead atoms. The zero-order chi connectivity index (χ0) is 18.9. The smallest absolute Gasteiger partial charge is 0.234 e. The van der Waals surface area contributed by atoms with Gasteiger partial charge in [-0.1, -0.05) is 44.2 Å². The molecule has 1 unspecified atom stereocenters. The van der Waals surface area contributed by atoms with Gasteiger partial charge < -0.3 is 10.6 Å². The highest BCUT2D eigenvalue weighted by Crippen LogP contribution is 2.38. The lowest BCUT2D eigenvalue weighted by molar-refractivity contribution is -0.119. The summed E-state index contributed by atoms with van der Waals surface area (Å²) in [6.07, 6.45) is 0.430. The molecule has 2 amide bonds. The number of hydrogen-bond acceptors (Lipinski definition) is 2. The van der Waals surface area contributed by atoms with E-state index in [1.807, 2.05) is 50.2 Å². The Balaban J connectivity index is 1.75. The lowest BCUT2D eigenvalue weighted by atomic mass is 9.85. The van der Waals surface area contributed by atoms with Gasteiger partial charge in [-0.2, -0.15) is 0 Å². The van der Waals surface area contributed by atoms with Crippen LogP contribution in [0.25, 0.3) is 0 Å². The van der Waals surface area contributed by atoms with E-state index in [0.29, 0.717) is 12.3 Å². The molecule has 0 saturated carbocycles. The summed E-state index contributed by atoms with van der Waals surface area (Å²) in [5, 5.41) is 5.89. The summed E-state index contributed by atoms with van der Waals surface area (Å²) in [5.74, 6) is 0.511. The predicted molar refractivity (Wildman–Crippen MR) is 105 cm³/mol. The fourth-order valence-electron chi connectivity index (χ4n) is 3.50. The molecule has 2 aromatic carbocycles. The van der Waals surface area contributed by atoms with E-state index in [1.165, 1.54) is 5.56 Å². The van der Waals surface area contributed by atoms with Crippen LogP contribution in [-0.4, -0.2) is 11.8 Å². The van der Waals surface area contributed by atoms with Crippen molar-refractivity contribution in [1.82, 2.24) is 0 Å². The Kier molecular flexibility index (Phi) is 4.86. The quantitative estimate of drug-likeness (QED) is 0.822. The number of anilines is 2. The van der Waals surface area contributed by atoms with E-state index < -0.39 is 5.41 Å². The average molecular weight is 350 g/mol. The van der Waals surface area contributed by atoms with Gasteiger partial charge in [0.2, 0.25) is 11.8 Å². The van der Waals surface area contributed by atoms with Crippen LogP contribution >= 0.6 is 0 Å². The van der Waals surface area contributed by atoms with Gasteiger partial charge in [-0.05, 0) is 55.0 Å². The highest BCUT2D eigenvalue weighted by molar-refractivity contribution is 6.06. The molecule has 4 nitrogen and oxygen atoms in total. The van der Waals surface area contributed by atoms with Crippen molar-refractivity contribution in [2.24, 2.45) is 5.92 Å². The molecule has 1 aliphatic rings. The first-order valence-corrected chi connectivity index (χ1v) is 9.10. The van der Waals surface area contributed by atoms with E-state index in [0.717, 1.165) is 16.9 Å². The Labute approximate surface area is 155 Å². The third-order valence-corrected chi connectivity index (χ3v) is 5.23. The number of hydrogen-bond donors (Lipinski definition) is 2. The molecule has 0 aliphatic carbocycles. The molecule has 26 heavy (non-hydrogen) atoms. The fraction of sp³-hybridized carbons (Fsp3) is 0.364. The van der Waals surface area contributed by atoms with Crippen molar-refractivity contribution in [3.05, 3.63) is 59.7 Å². The predicted octanol–water partition coefficient (Wildman–Crippen LogP) is 4.68. The van der Waals surface area contributed by atoms with Gasteiger partial charge >= 0.3 is 0 Å². The van der Waals surface area contributed by atoms with Crippen LogP contribution in [0.15, 0.2) is 48.5 Å². The maximum Gasteiger partial charge on any atom is 0.234 e. The van der Waals surface area contributed by atoms with Crippen LogP contribution in [0.1, 0.15) is 51.2 Å². The third kappa shape index (κ3) is 3.50. The SMILES string of the molecule is CC(C)C(CC(=O)Nc1ccc2c(c1)C(C)(C)C(=O)N2)c1ccccc1. The number of nitrogens with one attached hydrogen (secondary N) is 2. The van der Waals surface area contributed by atoms with Crippen LogP contribution in [0.4, 0.5) is 11.4 Å². The third-order valence-electron chi connectivity index (χ3n) is 5.23. The van der Waals surface area contributed by atoms with Gasteiger partial charge in [0.05, 0.1) is 5.41 Å². The molecule has 0 aromatic heterocycles. The Morgan fingerprint density at radius 1 is 1.12 bits per heavy atom. The minimum Gasteiger partial charge on any atom is -0.326 e.